The van der Waals surface area contributed by atoms with Crippen molar-refractivity contribution in [3.63, 3.8) is 0 Å². The number of carbonyl (C=O) groups excluding carboxylic acids is 1. The molecular weight excluding hydrogens is 250 g/mol. The summed E-state index contributed by atoms with van der Waals surface area (Å²) in [6.45, 7) is 4.22. The lowest BCUT2D eigenvalue weighted by atomic mass is 9.98. The van der Waals surface area contributed by atoms with Crippen molar-refractivity contribution < 1.29 is 9.90 Å². The van der Waals surface area contributed by atoms with Crippen LogP contribution in [0, 0.1) is 13.8 Å². The van der Waals surface area contributed by atoms with E-state index in [1.54, 1.807) is 0 Å². The molecule has 0 unspecified atom stereocenters. The molecule has 0 heterocycles. The molecule has 2 rings (SSSR count). The Hall–Kier alpha value is -1.35. The molecule has 1 amide bonds. The highest BCUT2D eigenvalue weighted by molar-refractivity contribution is 5.77. The Morgan fingerprint density at radius 3 is 2.35 bits per heavy atom. The molecule has 110 valence electrons. The molecule has 3 heteroatoms. The quantitative estimate of drug-likeness (QED) is 0.868. The lowest BCUT2D eigenvalue weighted by Gasteiger charge is -2.28. The maximum Gasteiger partial charge on any atom is 0.220 e. The molecule has 1 aromatic rings. The third-order valence-corrected chi connectivity index (χ3v) is 4.19. The van der Waals surface area contributed by atoms with Gasteiger partial charge in [-0.1, -0.05) is 42.2 Å². The van der Waals surface area contributed by atoms with Crippen molar-refractivity contribution in [3.8, 4) is 0 Å². The minimum absolute atomic E-state index is 0.0557. The first-order chi connectivity index (χ1) is 9.53. The molecule has 0 spiro atoms. The zero-order valence-electron chi connectivity index (χ0n) is 12.5. The lowest BCUT2D eigenvalue weighted by Crippen LogP contribution is -2.49. The molecule has 0 aromatic heterocycles. The molecule has 1 fully saturated rings. The van der Waals surface area contributed by atoms with Crippen molar-refractivity contribution in [1.82, 2.24) is 5.32 Å². The van der Waals surface area contributed by atoms with Crippen molar-refractivity contribution in [3.05, 3.63) is 34.9 Å². The predicted molar refractivity (Wildman–Crippen MR) is 80.7 cm³/mol. The number of hydrogen-bond donors (Lipinski definition) is 2. The molecule has 2 N–H and O–H groups in total. The molecule has 0 atom stereocenters. The number of aryl methyl sites for hydroxylation is 3. The van der Waals surface area contributed by atoms with E-state index in [9.17, 15) is 9.90 Å². The number of amides is 1. The molecule has 0 radical (unpaired) electrons. The van der Waals surface area contributed by atoms with Crippen LogP contribution in [-0.4, -0.2) is 23.2 Å². The van der Waals surface area contributed by atoms with Crippen molar-refractivity contribution >= 4 is 5.91 Å². The van der Waals surface area contributed by atoms with Crippen molar-refractivity contribution in [2.24, 2.45) is 0 Å². The molecule has 0 aliphatic heterocycles. The Labute approximate surface area is 121 Å². The molecule has 1 aliphatic carbocycles. The second-order valence-corrected chi connectivity index (χ2v) is 6.19. The van der Waals surface area contributed by atoms with Gasteiger partial charge in [-0.3, -0.25) is 4.79 Å². The Kier molecular flexibility index (Phi) is 4.81. The van der Waals surface area contributed by atoms with Crippen LogP contribution in [0.2, 0.25) is 0 Å². The number of hydrogen-bond acceptors (Lipinski definition) is 2. The van der Waals surface area contributed by atoms with E-state index in [2.05, 4.69) is 37.4 Å². The van der Waals surface area contributed by atoms with Gasteiger partial charge in [-0.2, -0.15) is 0 Å². The first-order valence-corrected chi connectivity index (χ1v) is 7.52. The summed E-state index contributed by atoms with van der Waals surface area (Å²) in [5, 5.41) is 12.6. The molecule has 3 nitrogen and oxygen atoms in total. The van der Waals surface area contributed by atoms with Crippen LogP contribution in [-0.2, 0) is 11.2 Å². The van der Waals surface area contributed by atoms with Gasteiger partial charge in [0.25, 0.3) is 0 Å². The average Bonchev–Trinajstić information content (AvgIpc) is 2.84. The van der Waals surface area contributed by atoms with Gasteiger partial charge in [-0.25, -0.2) is 0 Å². The number of aliphatic hydroxyl groups excluding tert-OH is 1. The number of rotatable bonds is 5. The molecule has 1 aliphatic rings. The highest BCUT2D eigenvalue weighted by Crippen LogP contribution is 2.29. The van der Waals surface area contributed by atoms with Crippen LogP contribution in [0.5, 0.6) is 0 Å². The SMILES string of the molecule is Cc1cc(C)cc(CCC(=O)NC2(CO)CCCC2)c1. The van der Waals surface area contributed by atoms with Crippen LogP contribution < -0.4 is 5.32 Å². The average molecular weight is 275 g/mol. The largest absolute Gasteiger partial charge is 0.394 e. The lowest BCUT2D eigenvalue weighted by molar-refractivity contribution is -0.123. The van der Waals surface area contributed by atoms with Crippen LogP contribution in [0.15, 0.2) is 18.2 Å². The first-order valence-electron chi connectivity index (χ1n) is 7.52. The Balaban J connectivity index is 1.88. The van der Waals surface area contributed by atoms with Crippen molar-refractivity contribution in [2.45, 2.75) is 57.9 Å². The summed E-state index contributed by atoms with van der Waals surface area (Å²) in [5.74, 6) is 0.0557. The maximum absolute atomic E-state index is 12.1. The highest BCUT2D eigenvalue weighted by atomic mass is 16.3. The summed E-state index contributed by atoms with van der Waals surface area (Å²) >= 11 is 0. The summed E-state index contributed by atoms with van der Waals surface area (Å²) in [6, 6.07) is 6.41. The summed E-state index contributed by atoms with van der Waals surface area (Å²) in [4.78, 5) is 12.1. The topological polar surface area (TPSA) is 49.3 Å². The van der Waals surface area contributed by atoms with Crippen LogP contribution in [0.1, 0.15) is 48.8 Å². The van der Waals surface area contributed by atoms with E-state index in [-0.39, 0.29) is 18.1 Å². The van der Waals surface area contributed by atoms with Gasteiger partial charge < -0.3 is 10.4 Å². The maximum atomic E-state index is 12.1. The van der Waals surface area contributed by atoms with Crippen LogP contribution in [0.25, 0.3) is 0 Å². The Morgan fingerprint density at radius 2 is 1.80 bits per heavy atom. The third kappa shape index (κ3) is 3.83. The second kappa shape index (κ2) is 6.40. The molecule has 0 saturated heterocycles. The van der Waals surface area contributed by atoms with Crippen molar-refractivity contribution in [2.75, 3.05) is 6.61 Å². The van der Waals surface area contributed by atoms with Gasteiger partial charge in [-0.15, -0.1) is 0 Å². The van der Waals surface area contributed by atoms with E-state index in [1.165, 1.54) is 16.7 Å². The number of benzene rings is 1. The van der Waals surface area contributed by atoms with E-state index in [1.807, 2.05) is 0 Å². The smallest absolute Gasteiger partial charge is 0.220 e. The van der Waals surface area contributed by atoms with Gasteiger partial charge >= 0.3 is 0 Å². The van der Waals surface area contributed by atoms with Gasteiger partial charge in [0.05, 0.1) is 12.1 Å². The first kappa shape index (κ1) is 15.0. The molecule has 0 bridgehead atoms. The second-order valence-electron chi connectivity index (χ2n) is 6.19. The van der Waals surface area contributed by atoms with Gasteiger partial charge in [-0.05, 0) is 38.7 Å². The minimum atomic E-state index is -0.348. The molecular formula is C17H25NO2. The summed E-state index contributed by atoms with van der Waals surface area (Å²) in [7, 11) is 0. The zero-order chi connectivity index (χ0) is 14.6. The van der Waals surface area contributed by atoms with E-state index >= 15 is 0 Å². The number of nitrogens with one attached hydrogen (secondary N) is 1. The standard InChI is InChI=1S/C17H25NO2/c1-13-9-14(2)11-15(10-13)5-6-16(20)18-17(12-19)7-3-4-8-17/h9-11,19H,3-8,12H2,1-2H3,(H,18,20). The summed E-state index contributed by atoms with van der Waals surface area (Å²) in [5.41, 5.74) is 3.34. The third-order valence-electron chi connectivity index (χ3n) is 4.19. The van der Waals surface area contributed by atoms with Gasteiger partial charge in [0.15, 0.2) is 0 Å². The van der Waals surface area contributed by atoms with Crippen LogP contribution >= 0.6 is 0 Å². The van der Waals surface area contributed by atoms with Gasteiger partial charge in [0.1, 0.15) is 0 Å². The fraction of sp³-hybridized carbons (Fsp3) is 0.588. The number of carbonyl (C=O) groups is 1. The predicted octanol–water partition coefficient (Wildman–Crippen LogP) is 2.66. The van der Waals surface area contributed by atoms with Crippen LogP contribution in [0.4, 0.5) is 0 Å². The van der Waals surface area contributed by atoms with E-state index in [0.29, 0.717) is 6.42 Å². The summed E-state index contributed by atoms with van der Waals surface area (Å²) < 4.78 is 0. The zero-order valence-corrected chi connectivity index (χ0v) is 12.5. The molecule has 1 aromatic carbocycles. The monoisotopic (exact) mass is 275 g/mol. The van der Waals surface area contributed by atoms with E-state index in [0.717, 1.165) is 32.1 Å². The van der Waals surface area contributed by atoms with Gasteiger partial charge in [0.2, 0.25) is 5.91 Å². The van der Waals surface area contributed by atoms with Crippen molar-refractivity contribution in [1.29, 1.82) is 0 Å². The highest BCUT2D eigenvalue weighted by Gasteiger charge is 2.34. The Morgan fingerprint density at radius 1 is 1.20 bits per heavy atom. The summed E-state index contributed by atoms with van der Waals surface area (Å²) in [6.07, 6.45) is 5.24. The number of aliphatic hydroxyl groups is 1. The van der Waals surface area contributed by atoms with Gasteiger partial charge in [0, 0.05) is 6.42 Å². The molecule has 20 heavy (non-hydrogen) atoms. The normalized spacial score (nSPS) is 17.1. The molecule has 1 saturated carbocycles. The van der Waals surface area contributed by atoms with E-state index < -0.39 is 0 Å². The minimum Gasteiger partial charge on any atom is -0.394 e. The fourth-order valence-electron chi connectivity index (χ4n) is 3.20. The van der Waals surface area contributed by atoms with Crippen LogP contribution in [0.3, 0.4) is 0 Å². The fourth-order valence-corrected chi connectivity index (χ4v) is 3.20. The van der Waals surface area contributed by atoms with E-state index in [4.69, 9.17) is 0 Å². The Bertz CT molecular complexity index is 456.